The Balaban J connectivity index is 1.74. The molecule has 2 aromatic carbocycles. The zero-order chi connectivity index (χ0) is 22.9. The predicted octanol–water partition coefficient (Wildman–Crippen LogP) is 5.91. The Morgan fingerprint density at radius 2 is 1.75 bits per heavy atom. The van der Waals surface area contributed by atoms with Crippen molar-refractivity contribution in [2.45, 2.75) is 12.7 Å². The van der Waals surface area contributed by atoms with Gasteiger partial charge in [-0.05, 0) is 35.9 Å². The number of hydrogen-bond donors (Lipinski definition) is 1. The van der Waals surface area contributed by atoms with E-state index in [0.29, 0.717) is 22.5 Å². The molecule has 0 aliphatic rings. The van der Waals surface area contributed by atoms with Gasteiger partial charge < -0.3 is 10.1 Å². The number of hydrogen-bond acceptors (Lipinski definition) is 6. The molecular weight excluding hydrogens is 446 g/mol. The summed E-state index contributed by atoms with van der Waals surface area (Å²) in [5.74, 6) is -0.476. The molecule has 2 heterocycles. The van der Waals surface area contributed by atoms with Crippen molar-refractivity contribution in [3.05, 3.63) is 76.4 Å². The first-order chi connectivity index (χ1) is 15.2. The van der Waals surface area contributed by atoms with Gasteiger partial charge in [0.25, 0.3) is 0 Å². The molecule has 1 N–H and O–H groups in total. The maximum Gasteiger partial charge on any atom is 0.425 e. The quantitative estimate of drug-likeness (QED) is 0.296. The summed E-state index contributed by atoms with van der Waals surface area (Å²) in [4.78, 5) is 19.7. The summed E-state index contributed by atoms with van der Waals surface area (Å²) < 4.78 is 57.7. The third-order valence-corrected chi connectivity index (χ3v) is 5.68. The minimum atomic E-state index is -4.51. The van der Waals surface area contributed by atoms with Crippen molar-refractivity contribution in [1.82, 2.24) is 9.97 Å². The zero-order valence-electron chi connectivity index (χ0n) is 16.5. The van der Waals surface area contributed by atoms with Crippen molar-refractivity contribution in [3.8, 4) is 11.4 Å². The molecule has 0 unspecified atom stereocenters. The summed E-state index contributed by atoms with van der Waals surface area (Å²) in [5.41, 5.74) is 1.57. The third kappa shape index (κ3) is 4.54. The minimum absolute atomic E-state index is 0.168. The van der Waals surface area contributed by atoms with E-state index in [2.05, 4.69) is 20.0 Å². The van der Waals surface area contributed by atoms with Crippen molar-refractivity contribution in [2.75, 3.05) is 12.4 Å². The van der Waals surface area contributed by atoms with Gasteiger partial charge in [-0.15, -0.1) is 11.3 Å². The number of fused-ring (bicyclic) bond motifs is 1. The first kappa shape index (κ1) is 21.7. The van der Waals surface area contributed by atoms with Gasteiger partial charge in [-0.3, -0.25) is 0 Å². The molecule has 0 radical (unpaired) electrons. The number of nitrogens with one attached hydrogen (secondary N) is 1. The number of methoxy groups -OCH3 is 1. The van der Waals surface area contributed by atoms with Gasteiger partial charge in [-0.2, -0.15) is 13.2 Å². The van der Waals surface area contributed by atoms with Gasteiger partial charge in [0.15, 0.2) is 5.82 Å². The van der Waals surface area contributed by atoms with Crippen LogP contribution in [0.4, 0.5) is 23.4 Å². The summed E-state index contributed by atoms with van der Waals surface area (Å²) in [6.07, 6.45) is -4.51. The summed E-state index contributed by atoms with van der Waals surface area (Å²) >= 11 is 0.523. The van der Waals surface area contributed by atoms with Crippen LogP contribution < -0.4 is 5.32 Å². The molecule has 4 rings (SSSR count). The Labute approximate surface area is 183 Å². The normalized spacial score (nSPS) is 11.5. The second kappa shape index (κ2) is 8.54. The van der Waals surface area contributed by atoms with E-state index in [1.165, 1.54) is 31.4 Å². The molecule has 0 spiro atoms. The number of benzene rings is 2. The van der Waals surface area contributed by atoms with Gasteiger partial charge in [0, 0.05) is 12.1 Å². The summed E-state index contributed by atoms with van der Waals surface area (Å²) in [6, 6.07) is 13.0. The number of thiophene rings is 1. The van der Waals surface area contributed by atoms with Crippen LogP contribution in [0.25, 0.3) is 21.6 Å². The molecule has 0 aliphatic carbocycles. The number of alkyl halides is 3. The number of ether oxygens (including phenoxy) is 1. The molecule has 0 saturated heterocycles. The van der Waals surface area contributed by atoms with Gasteiger partial charge >= 0.3 is 12.1 Å². The highest BCUT2D eigenvalue weighted by Gasteiger charge is 2.33. The molecular formula is C22H15F4N3O2S. The summed E-state index contributed by atoms with van der Waals surface area (Å²) in [7, 11) is 1.27. The second-order valence-corrected chi connectivity index (χ2v) is 7.80. The van der Waals surface area contributed by atoms with Crippen molar-refractivity contribution in [1.29, 1.82) is 0 Å². The fourth-order valence-electron chi connectivity index (χ4n) is 2.99. The summed E-state index contributed by atoms with van der Waals surface area (Å²) in [5, 5.41) is 3.26. The molecule has 0 saturated carbocycles. The van der Waals surface area contributed by atoms with E-state index in [-0.39, 0.29) is 34.2 Å². The average molecular weight is 461 g/mol. The number of rotatable bonds is 5. The van der Waals surface area contributed by atoms with Crippen molar-refractivity contribution < 1.29 is 27.1 Å². The topological polar surface area (TPSA) is 64.1 Å². The molecule has 0 fully saturated rings. The first-order valence-electron chi connectivity index (χ1n) is 9.30. The summed E-state index contributed by atoms with van der Waals surface area (Å²) in [6.45, 7) is 0.226. The number of carbonyl (C=O) groups is 1. The average Bonchev–Trinajstić information content (AvgIpc) is 3.23. The van der Waals surface area contributed by atoms with Crippen molar-refractivity contribution in [3.63, 3.8) is 0 Å². The molecule has 5 nitrogen and oxygen atoms in total. The maximum absolute atomic E-state index is 13.3. The van der Waals surface area contributed by atoms with E-state index in [1.807, 2.05) is 0 Å². The highest BCUT2D eigenvalue weighted by Crippen LogP contribution is 2.40. The van der Waals surface area contributed by atoms with Crippen LogP contribution in [0.2, 0.25) is 0 Å². The van der Waals surface area contributed by atoms with Crippen LogP contribution >= 0.6 is 11.3 Å². The van der Waals surface area contributed by atoms with E-state index in [1.54, 1.807) is 24.3 Å². The molecule has 32 heavy (non-hydrogen) atoms. The molecule has 4 aromatic rings. The van der Waals surface area contributed by atoms with Crippen LogP contribution in [0.1, 0.15) is 20.8 Å². The lowest BCUT2D eigenvalue weighted by atomic mass is 10.1. The monoisotopic (exact) mass is 461 g/mol. The Morgan fingerprint density at radius 3 is 2.38 bits per heavy atom. The van der Waals surface area contributed by atoms with Crippen LogP contribution in [0.3, 0.4) is 0 Å². The Kier molecular flexibility index (Phi) is 5.79. The molecule has 164 valence electrons. The molecule has 10 heteroatoms. The standard InChI is InChI=1S/C22H15F4N3O2S/c1-31-21(30)14-6-4-13(5-7-14)18-28-19(27-11-12-2-8-15(23)9-3-12)16-10-17(22(24,25)26)32-20(16)29-18/h2-10H,11H2,1H3,(H,27,28,29). The highest BCUT2D eigenvalue weighted by atomic mass is 32.1. The van der Waals surface area contributed by atoms with Crippen LogP contribution in [-0.2, 0) is 17.5 Å². The number of nitrogens with zero attached hydrogens (tertiary/aromatic N) is 2. The molecule has 0 aliphatic heterocycles. The predicted molar refractivity (Wildman–Crippen MR) is 113 cm³/mol. The van der Waals surface area contributed by atoms with Crippen molar-refractivity contribution >= 4 is 33.3 Å². The minimum Gasteiger partial charge on any atom is -0.465 e. The number of anilines is 1. The van der Waals surface area contributed by atoms with Crippen LogP contribution in [0.5, 0.6) is 0 Å². The van der Waals surface area contributed by atoms with Gasteiger partial charge in [0.2, 0.25) is 0 Å². The SMILES string of the molecule is COC(=O)c1ccc(-c2nc(NCc3ccc(F)cc3)c3cc(C(F)(F)F)sc3n2)cc1. The van der Waals surface area contributed by atoms with Gasteiger partial charge in [0.1, 0.15) is 21.3 Å². The van der Waals surface area contributed by atoms with E-state index in [0.717, 1.165) is 11.6 Å². The number of esters is 1. The Hall–Kier alpha value is -3.53. The van der Waals surface area contributed by atoms with Crippen LogP contribution in [0, 0.1) is 5.82 Å². The van der Waals surface area contributed by atoms with Gasteiger partial charge in [0.05, 0.1) is 18.1 Å². The highest BCUT2D eigenvalue weighted by molar-refractivity contribution is 7.18. The van der Waals surface area contributed by atoms with E-state index >= 15 is 0 Å². The largest absolute Gasteiger partial charge is 0.465 e. The lowest BCUT2D eigenvalue weighted by Gasteiger charge is -2.09. The van der Waals surface area contributed by atoms with Crippen LogP contribution in [-0.4, -0.2) is 23.0 Å². The molecule has 0 amide bonds. The van der Waals surface area contributed by atoms with E-state index in [9.17, 15) is 22.4 Å². The lowest BCUT2D eigenvalue weighted by molar-refractivity contribution is -0.134. The molecule has 2 aromatic heterocycles. The Morgan fingerprint density at radius 1 is 1.06 bits per heavy atom. The van der Waals surface area contributed by atoms with Gasteiger partial charge in [-0.25, -0.2) is 19.2 Å². The zero-order valence-corrected chi connectivity index (χ0v) is 17.4. The fraction of sp³-hybridized carbons (Fsp3) is 0.136. The molecule has 0 bridgehead atoms. The number of carbonyl (C=O) groups excluding carboxylic acids is 1. The van der Waals surface area contributed by atoms with Crippen LogP contribution in [0.15, 0.2) is 54.6 Å². The smallest absolute Gasteiger partial charge is 0.425 e. The van der Waals surface area contributed by atoms with E-state index < -0.39 is 17.0 Å². The second-order valence-electron chi connectivity index (χ2n) is 6.77. The number of aromatic nitrogens is 2. The third-order valence-electron chi connectivity index (χ3n) is 4.61. The maximum atomic E-state index is 13.3. The number of halogens is 4. The first-order valence-corrected chi connectivity index (χ1v) is 10.1. The fourth-order valence-corrected chi connectivity index (χ4v) is 3.88. The molecule has 0 atom stereocenters. The van der Waals surface area contributed by atoms with Gasteiger partial charge in [-0.1, -0.05) is 24.3 Å². The van der Waals surface area contributed by atoms with Crippen molar-refractivity contribution in [2.24, 2.45) is 0 Å². The van der Waals surface area contributed by atoms with E-state index in [4.69, 9.17) is 0 Å². The Bertz CT molecular complexity index is 1270. The lowest BCUT2D eigenvalue weighted by Crippen LogP contribution is -2.04.